The highest BCUT2D eigenvalue weighted by molar-refractivity contribution is 6.38. The van der Waals surface area contributed by atoms with Gasteiger partial charge in [0.15, 0.2) is 11.5 Å². The number of ketones is 1. The van der Waals surface area contributed by atoms with Gasteiger partial charge in [-0.05, 0) is 73.8 Å². The third-order valence-corrected chi connectivity index (χ3v) is 7.86. The van der Waals surface area contributed by atoms with Gasteiger partial charge in [0.2, 0.25) is 5.78 Å². The van der Waals surface area contributed by atoms with Crippen LogP contribution in [0.2, 0.25) is 0 Å². The SMILES string of the molecule is CCc1cccc([C@@H](CCc2ccc(OC)c(OC)c2)OC(=O)C2CCCCN2C(=O)C(=O)C(C)(C)CC)c1. The summed E-state index contributed by atoms with van der Waals surface area (Å²) in [7, 11) is 3.20. The van der Waals surface area contributed by atoms with Gasteiger partial charge in [-0.3, -0.25) is 9.59 Å². The number of aryl methyl sites for hydroxylation is 2. The fourth-order valence-electron chi connectivity index (χ4n) is 4.86. The van der Waals surface area contributed by atoms with E-state index in [1.807, 2.05) is 37.3 Å². The minimum absolute atomic E-state index is 0.381. The van der Waals surface area contributed by atoms with E-state index in [9.17, 15) is 14.4 Å². The fourth-order valence-corrected chi connectivity index (χ4v) is 4.86. The standard InChI is InChI=1S/C32H43NO6/c1-7-22-12-11-13-24(20-22)26(17-15-23-16-18-27(37-5)28(21-23)38-6)39-31(36)25-14-9-10-19-33(25)30(35)29(34)32(3,4)8-2/h11-13,16,18,20-21,25-26H,7-10,14-15,17,19H2,1-6H3/t25?,26-/m1/s1. The normalized spacial score (nSPS) is 16.4. The van der Waals surface area contributed by atoms with Crippen LogP contribution in [0.4, 0.5) is 0 Å². The first-order chi connectivity index (χ1) is 18.6. The number of benzene rings is 2. The van der Waals surface area contributed by atoms with Crippen LogP contribution in [0.3, 0.4) is 0 Å². The van der Waals surface area contributed by atoms with E-state index >= 15 is 0 Å². The van der Waals surface area contributed by atoms with Gasteiger partial charge in [0.1, 0.15) is 12.1 Å². The Kier molecular flexibility index (Phi) is 10.6. The first-order valence-corrected chi connectivity index (χ1v) is 14.0. The molecule has 0 aromatic heterocycles. The van der Waals surface area contributed by atoms with E-state index in [4.69, 9.17) is 14.2 Å². The molecule has 3 rings (SSSR count). The Morgan fingerprint density at radius 3 is 2.38 bits per heavy atom. The number of hydrogen-bond acceptors (Lipinski definition) is 6. The number of hydrogen-bond donors (Lipinski definition) is 0. The minimum atomic E-state index is -0.772. The monoisotopic (exact) mass is 537 g/mol. The van der Waals surface area contributed by atoms with Crippen molar-refractivity contribution >= 4 is 17.7 Å². The van der Waals surface area contributed by atoms with Crippen molar-refractivity contribution in [1.82, 2.24) is 4.90 Å². The number of Topliss-reactive ketones (excluding diaryl/α,β-unsaturated/α-hetero) is 1. The second-order valence-electron chi connectivity index (χ2n) is 10.8. The summed E-state index contributed by atoms with van der Waals surface area (Å²) in [5.41, 5.74) is 2.33. The van der Waals surface area contributed by atoms with Crippen LogP contribution in [0.25, 0.3) is 0 Å². The van der Waals surface area contributed by atoms with Gasteiger partial charge in [0, 0.05) is 12.0 Å². The highest BCUT2D eigenvalue weighted by Gasteiger charge is 2.41. The van der Waals surface area contributed by atoms with E-state index < -0.39 is 35.2 Å². The van der Waals surface area contributed by atoms with Crippen molar-refractivity contribution in [1.29, 1.82) is 0 Å². The maximum absolute atomic E-state index is 13.6. The maximum Gasteiger partial charge on any atom is 0.329 e. The van der Waals surface area contributed by atoms with Crippen molar-refractivity contribution in [2.45, 2.75) is 84.8 Å². The molecule has 2 atom stereocenters. The second kappa shape index (κ2) is 13.6. The average Bonchev–Trinajstić information content (AvgIpc) is 2.97. The third-order valence-electron chi connectivity index (χ3n) is 7.86. The summed E-state index contributed by atoms with van der Waals surface area (Å²) >= 11 is 0. The summed E-state index contributed by atoms with van der Waals surface area (Å²) in [5, 5.41) is 0. The molecule has 0 saturated carbocycles. The molecule has 212 valence electrons. The zero-order valence-corrected chi connectivity index (χ0v) is 24.2. The van der Waals surface area contributed by atoms with E-state index in [0.717, 1.165) is 36.0 Å². The molecule has 0 radical (unpaired) electrons. The van der Waals surface area contributed by atoms with Crippen molar-refractivity contribution in [3.05, 3.63) is 59.2 Å². The Bertz CT molecular complexity index is 1160. The van der Waals surface area contributed by atoms with Crippen molar-refractivity contribution in [3.8, 4) is 11.5 Å². The van der Waals surface area contributed by atoms with Gasteiger partial charge >= 0.3 is 5.97 Å². The number of carbonyl (C=O) groups excluding carboxylic acids is 3. The number of nitrogens with zero attached hydrogens (tertiary/aromatic N) is 1. The summed E-state index contributed by atoms with van der Waals surface area (Å²) < 4.78 is 17.0. The average molecular weight is 538 g/mol. The largest absolute Gasteiger partial charge is 0.493 e. The quantitative estimate of drug-likeness (QED) is 0.249. The van der Waals surface area contributed by atoms with Gasteiger partial charge in [-0.2, -0.15) is 0 Å². The number of piperidine rings is 1. The van der Waals surface area contributed by atoms with Crippen LogP contribution in [-0.4, -0.2) is 49.4 Å². The van der Waals surface area contributed by atoms with Crippen molar-refractivity contribution in [2.75, 3.05) is 20.8 Å². The number of esters is 1. The number of likely N-dealkylation sites (tertiary alicyclic amines) is 1. The summed E-state index contributed by atoms with van der Waals surface area (Å²) in [6.07, 6.45) is 4.16. The topological polar surface area (TPSA) is 82.1 Å². The van der Waals surface area contributed by atoms with Crippen LogP contribution in [0.15, 0.2) is 42.5 Å². The zero-order chi connectivity index (χ0) is 28.6. The molecule has 1 unspecified atom stereocenters. The molecule has 1 aliphatic rings. The highest BCUT2D eigenvalue weighted by atomic mass is 16.5. The van der Waals surface area contributed by atoms with Gasteiger partial charge in [-0.25, -0.2) is 4.79 Å². The predicted molar refractivity (Wildman–Crippen MR) is 151 cm³/mol. The Morgan fingerprint density at radius 2 is 1.72 bits per heavy atom. The lowest BCUT2D eigenvalue weighted by Crippen LogP contribution is -2.53. The van der Waals surface area contributed by atoms with Crippen LogP contribution in [0.1, 0.15) is 82.6 Å². The van der Waals surface area contributed by atoms with E-state index in [-0.39, 0.29) is 0 Å². The Hall–Kier alpha value is -3.35. The van der Waals surface area contributed by atoms with Crippen molar-refractivity contribution in [3.63, 3.8) is 0 Å². The van der Waals surface area contributed by atoms with E-state index in [1.165, 1.54) is 4.90 Å². The van der Waals surface area contributed by atoms with Gasteiger partial charge in [-0.15, -0.1) is 0 Å². The number of methoxy groups -OCH3 is 2. The molecule has 1 aliphatic heterocycles. The van der Waals surface area contributed by atoms with Gasteiger partial charge in [0.25, 0.3) is 5.91 Å². The second-order valence-corrected chi connectivity index (χ2v) is 10.8. The van der Waals surface area contributed by atoms with Gasteiger partial charge in [-0.1, -0.05) is 58.0 Å². The lowest BCUT2D eigenvalue weighted by Gasteiger charge is -2.36. The third kappa shape index (κ3) is 7.40. The number of carbonyl (C=O) groups is 3. The molecule has 39 heavy (non-hydrogen) atoms. The Balaban J connectivity index is 1.84. The highest BCUT2D eigenvalue weighted by Crippen LogP contribution is 2.32. The van der Waals surface area contributed by atoms with E-state index in [1.54, 1.807) is 28.1 Å². The predicted octanol–water partition coefficient (Wildman–Crippen LogP) is 5.87. The van der Waals surface area contributed by atoms with Crippen LogP contribution < -0.4 is 9.47 Å². The number of ether oxygens (including phenoxy) is 3. The molecular weight excluding hydrogens is 494 g/mol. The summed E-state index contributed by atoms with van der Waals surface area (Å²) in [4.78, 5) is 41.3. The van der Waals surface area contributed by atoms with Crippen LogP contribution >= 0.6 is 0 Å². The molecule has 0 N–H and O–H groups in total. The molecule has 2 aromatic rings. The molecule has 7 nitrogen and oxygen atoms in total. The molecule has 2 aromatic carbocycles. The lowest BCUT2D eigenvalue weighted by molar-refractivity contribution is -0.164. The molecule has 0 bridgehead atoms. The number of amides is 1. The van der Waals surface area contributed by atoms with E-state index in [0.29, 0.717) is 43.7 Å². The molecule has 0 spiro atoms. The van der Waals surface area contributed by atoms with Gasteiger partial charge < -0.3 is 19.1 Å². The van der Waals surface area contributed by atoms with E-state index in [2.05, 4.69) is 19.1 Å². The minimum Gasteiger partial charge on any atom is -0.493 e. The lowest BCUT2D eigenvalue weighted by atomic mass is 9.84. The van der Waals surface area contributed by atoms with Crippen LogP contribution in [0.5, 0.6) is 11.5 Å². The first kappa shape index (κ1) is 30.2. The van der Waals surface area contributed by atoms with Crippen molar-refractivity contribution in [2.24, 2.45) is 5.41 Å². The maximum atomic E-state index is 13.6. The number of rotatable bonds is 12. The van der Waals surface area contributed by atoms with Crippen LogP contribution in [0, 0.1) is 5.41 Å². The molecule has 0 aliphatic carbocycles. The molecular formula is C32H43NO6. The fraction of sp³-hybridized carbons (Fsp3) is 0.531. The molecule has 1 amide bonds. The molecule has 1 fully saturated rings. The zero-order valence-electron chi connectivity index (χ0n) is 24.2. The molecule has 1 heterocycles. The first-order valence-electron chi connectivity index (χ1n) is 14.0. The summed E-state index contributed by atoms with van der Waals surface area (Å²) in [6.45, 7) is 7.90. The van der Waals surface area contributed by atoms with Crippen LogP contribution in [-0.2, 0) is 32.0 Å². The molecule has 1 saturated heterocycles. The Labute approximate surface area is 232 Å². The molecule has 7 heteroatoms. The Morgan fingerprint density at radius 1 is 0.974 bits per heavy atom. The van der Waals surface area contributed by atoms with Gasteiger partial charge in [0.05, 0.1) is 14.2 Å². The summed E-state index contributed by atoms with van der Waals surface area (Å²) in [5.74, 6) is -0.191. The van der Waals surface area contributed by atoms with Crippen molar-refractivity contribution < 1.29 is 28.6 Å². The smallest absolute Gasteiger partial charge is 0.329 e. The summed E-state index contributed by atoms with van der Waals surface area (Å²) in [6, 6.07) is 13.1.